The molecular weight excluding hydrogens is 630 g/mol. The predicted octanol–water partition coefficient (Wildman–Crippen LogP) is 6.03. The molecule has 1 unspecified atom stereocenters. The summed E-state index contributed by atoms with van der Waals surface area (Å²) >= 11 is 9.74. The summed E-state index contributed by atoms with van der Waals surface area (Å²) in [4.78, 5) is 28.6. The van der Waals surface area contributed by atoms with Gasteiger partial charge in [0.2, 0.25) is 11.8 Å². The first kappa shape index (κ1) is 32.4. The third kappa shape index (κ3) is 8.70. The van der Waals surface area contributed by atoms with Crippen LogP contribution in [0.15, 0.2) is 82.2 Å². The molecule has 0 radical (unpaired) electrons. The normalized spacial score (nSPS) is 12.4. The second-order valence-electron chi connectivity index (χ2n) is 10.4. The van der Waals surface area contributed by atoms with Gasteiger partial charge < -0.3 is 15.0 Å². The van der Waals surface area contributed by atoms with E-state index in [4.69, 9.17) is 16.3 Å². The van der Waals surface area contributed by atoms with Crippen molar-refractivity contribution in [2.24, 2.45) is 0 Å². The number of amides is 2. The summed E-state index contributed by atoms with van der Waals surface area (Å²) in [6.07, 6.45) is 0. The number of halogens is 2. The fourth-order valence-corrected chi connectivity index (χ4v) is 5.88. The summed E-state index contributed by atoms with van der Waals surface area (Å²) < 4.78 is 35.1. The summed E-state index contributed by atoms with van der Waals surface area (Å²) in [7, 11) is -4.18. The topological polar surface area (TPSA) is 96.0 Å². The zero-order valence-corrected chi connectivity index (χ0v) is 26.9. The van der Waals surface area contributed by atoms with Crippen molar-refractivity contribution in [2.75, 3.05) is 17.5 Å². The van der Waals surface area contributed by atoms with Crippen molar-refractivity contribution in [2.45, 2.75) is 57.6 Å². The van der Waals surface area contributed by atoms with Crippen LogP contribution in [-0.4, -0.2) is 49.9 Å². The first-order chi connectivity index (χ1) is 19.2. The Kier molecular flexibility index (Phi) is 10.9. The Morgan fingerprint density at radius 3 is 2.17 bits per heavy atom. The summed E-state index contributed by atoms with van der Waals surface area (Å²) in [5.74, 6) is -0.381. The summed E-state index contributed by atoms with van der Waals surface area (Å²) in [5.41, 5.74) is 0.361. The highest BCUT2D eigenvalue weighted by Crippen LogP contribution is 2.28. The molecular formula is C30H35BrClN3O5S. The number of anilines is 1. The number of ether oxygens (including phenoxy) is 1. The molecule has 2 amide bonds. The van der Waals surface area contributed by atoms with E-state index in [1.54, 1.807) is 67.6 Å². The van der Waals surface area contributed by atoms with Gasteiger partial charge in [0.25, 0.3) is 10.0 Å². The minimum absolute atomic E-state index is 0.00663. The zero-order chi connectivity index (χ0) is 30.4. The first-order valence-electron chi connectivity index (χ1n) is 13.1. The Bertz CT molecular complexity index is 1460. The van der Waals surface area contributed by atoms with Crippen molar-refractivity contribution >= 4 is 55.1 Å². The molecule has 1 N–H and O–H groups in total. The highest BCUT2D eigenvalue weighted by atomic mass is 79.9. The number of nitrogens with zero attached hydrogens (tertiary/aromatic N) is 2. The van der Waals surface area contributed by atoms with Crippen molar-refractivity contribution < 1.29 is 22.7 Å². The van der Waals surface area contributed by atoms with E-state index in [1.165, 1.54) is 17.0 Å². The largest absolute Gasteiger partial charge is 0.494 e. The summed E-state index contributed by atoms with van der Waals surface area (Å²) in [6, 6.07) is 18.7. The highest BCUT2D eigenvalue weighted by Gasteiger charge is 2.33. The van der Waals surface area contributed by atoms with Crippen LogP contribution < -0.4 is 14.4 Å². The lowest BCUT2D eigenvalue weighted by Crippen LogP contribution is -2.54. The zero-order valence-electron chi connectivity index (χ0n) is 23.7. The molecule has 0 saturated heterocycles. The van der Waals surface area contributed by atoms with Gasteiger partial charge in [-0.2, -0.15) is 0 Å². The molecule has 0 aliphatic heterocycles. The molecule has 0 spiro atoms. The maximum Gasteiger partial charge on any atom is 0.264 e. The van der Waals surface area contributed by atoms with Crippen LogP contribution in [0, 0.1) is 0 Å². The molecule has 220 valence electrons. The fraction of sp³-hybridized carbons (Fsp3) is 0.333. The highest BCUT2D eigenvalue weighted by molar-refractivity contribution is 9.10. The molecule has 11 heteroatoms. The second-order valence-corrected chi connectivity index (χ2v) is 13.6. The van der Waals surface area contributed by atoms with Gasteiger partial charge in [0.15, 0.2) is 0 Å². The van der Waals surface area contributed by atoms with Crippen molar-refractivity contribution in [1.29, 1.82) is 0 Å². The van der Waals surface area contributed by atoms with Crippen LogP contribution in [0.2, 0.25) is 5.02 Å². The van der Waals surface area contributed by atoms with Crippen LogP contribution in [0.1, 0.15) is 40.2 Å². The lowest BCUT2D eigenvalue weighted by molar-refractivity contribution is -0.140. The number of carbonyl (C=O) groups excluding carboxylic acids is 2. The minimum atomic E-state index is -4.18. The summed E-state index contributed by atoms with van der Waals surface area (Å²) in [6.45, 7) is 8.89. The number of benzene rings is 3. The molecule has 3 aromatic carbocycles. The number of hydrogen-bond donors (Lipinski definition) is 1. The van der Waals surface area contributed by atoms with Crippen LogP contribution in [0.3, 0.4) is 0 Å². The predicted molar refractivity (Wildman–Crippen MR) is 166 cm³/mol. The van der Waals surface area contributed by atoms with Crippen LogP contribution in [-0.2, 0) is 26.2 Å². The van der Waals surface area contributed by atoms with Gasteiger partial charge in [-0.1, -0.05) is 45.7 Å². The van der Waals surface area contributed by atoms with E-state index in [2.05, 4.69) is 21.2 Å². The molecule has 8 nitrogen and oxygen atoms in total. The van der Waals surface area contributed by atoms with Crippen molar-refractivity contribution in [1.82, 2.24) is 10.2 Å². The number of sulfonamides is 1. The van der Waals surface area contributed by atoms with E-state index >= 15 is 0 Å². The Morgan fingerprint density at radius 1 is 1.00 bits per heavy atom. The lowest BCUT2D eigenvalue weighted by atomic mass is 10.1. The molecule has 0 aliphatic rings. The maximum atomic E-state index is 14.0. The molecule has 0 bridgehead atoms. The number of rotatable bonds is 11. The first-order valence-corrected chi connectivity index (χ1v) is 15.7. The van der Waals surface area contributed by atoms with Gasteiger partial charge in [0.05, 0.1) is 17.2 Å². The Labute approximate surface area is 255 Å². The van der Waals surface area contributed by atoms with Crippen molar-refractivity contribution in [3.8, 4) is 5.75 Å². The quantitative estimate of drug-likeness (QED) is 0.270. The van der Waals surface area contributed by atoms with Gasteiger partial charge >= 0.3 is 0 Å². The van der Waals surface area contributed by atoms with E-state index < -0.39 is 34.1 Å². The number of carbonyl (C=O) groups is 2. The monoisotopic (exact) mass is 663 g/mol. The van der Waals surface area contributed by atoms with Gasteiger partial charge in [0.1, 0.15) is 18.3 Å². The average molecular weight is 665 g/mol. The Balaban J connectivity index is 2.05. The van der Waals surface area contributed by atoms with Gasteiger partial charge in [-0.3, -0.25) is 13.9 Å². The van der Waals surface area contributed by atoms with E-state index in [-0.39, 0.29) is 23.0 Å². The third-order valence-corrected chi connectivity index (χ3v) is 8.77. The Morgan fingerprint density at radius 2 is 1.61 bits per heavy atom. The standard InChI is InChI=1S/C30H35BrClN3O5S/c1-6-40-25-15-13-24(14-16-25)35(41(38,39)26-17-11-23(31)12-18-26)20-28(36)34(19-22-9-7-8-10-27(22)32)21(2)29(37)33-30(3,4)5/h7-18,21H,6,19-20H2,1-5H3,(H,33,37). The fourth-order valence-electron chi connectivity index (χ4n) is 4.00. The minimum Gasteiger partial charge on any atom is -0.494 e. The molecule has 3 rings (SSSR count). The molecule has 1 atom stereocenters. The van der Waals surface area contributed by atoms with Crippen LogP contribution in [0.5, 0.6) is 5.75 Å². The molecule has 0 saturated carbocycles. The van der Waals surface area contributed by atoms with Gasteiger partial charge in [0, 0.05) is 21.6 Å². The molecule has 0 aromatic heterocycles. The van der Waals surface area contributed by atoms with Gasteiger partial charge in [-0.25, -0.2) is 8.42 Å². The second kappa shape index (κ2) is 13.7. The van der Waals surface area contributed by atoms with E-state index in [1.807, 2.05) is 27.7 Å². The van der Waals surface area contributed by atoms with E-state index in [0.29, 0.717) is 27.4 Å². The third-order valence-electron chi connectivity index (χ3n) is 6.08. The van der Waals surface area contributed by atoms with E-state index in [9.17, 15) is 18.0 Å². The van der Waals surface area contributed by atoms with Crippen LogP contribution >= 0.6 is 27.5 Å². The van der Waals surface area contributed by atoms with Crippen molar-refractivity contribution in [3.63, 3.8) is 0 Å². The van der Waals surface area contributed by atoms with E-state index in [0.717, 1.165) is 4.31 Å². The SMILES string of the molecule is CCOc1ccc(N(CC(=O)N(Cc2ccccc2Cl)C(C)C(=O)NC(C)(C)C)S(=O)(=O)c2ccc(Br)cc2)cc1. The number of nitrogens with one attached hydrogen (secondary N) is 1. The van der Waals surface area contributed by atoms with Crippen molar-refractivity contribution in [3.05, 3.63) is 87.9 Å². The molecule has 3 aromatic rings. The Hall–Kier alpha value is -3.08. The average Bonchev–Trinajstić information content (AvgIpc) is 2.90. The van der Waals surface area contributed by atoms with Gasteiger partial charge in [-0.15, -0.1) is 0 Å². The number of hydrogen-bond acceptors (Lipinski definition) is 5. The van der Waals surface area contributed by atoms with Crippen LogP contribution in [0.4, 0.5) is 5.69 Å². The lowest BCUT2D eigenvalue weighted by Gasteiger charge is -2.33. The summed E-state index contributed by atoms with van der Waals surface area (Å²) in [5, 5.41) is 3.33. The molecule has 41 heavy (non-hydrogen) atoms. The van der Waals surface area contributed by atoms with Gasteiger partial charge in [-0.05, 0) is 94.8 Å². The maximum absolute atomic E-state index is 14.0. The molecule has 0 fully saturated rings. The van der Waals surface area contributed by atoms with Crippen LogP contribution in [0.25, 0.3) is 0 Å². The molecule has 0 heterocycles. The molecule has 0 aliphatic carbocycles. The smallest absolute Gasteiger partial charge is 0.264 e.